The van der Waals surface area contributed by atoms with E-state index in [0.29, 0.717) is 12.0 Å². The van der Waals surface area contributed by atoms with E-state index in [0.717, 1.165) is 35.5 Å². The molecule has 104 valence electrons. The van der Waals surface area contributed by atoms with Gasteiger partial charge in [-0.05, 0) is 47.3 Å². The molecule has 5 nitrogen and oxygen atoms in total. The van der Waals surface area contributed by atoms with Gasteiger partial charge < -0.3 is 4.90 Å². The molecule has 1 atom stereocenters. The normalized spacial score (nSPS) is 22.4. The molecule has 6 heteroatoms. The number of halogens is 1. The highest BCUT2D eigenvalue weighted by atomic mass is 79.9. The summed E-state index contributed by atoms with van der Waals surface area (Å²) in [5, 5.41) is 13.1. The number of nitrogens with zero attached hydrogens (tertiary/aromatic N) is 5. The van der Waals surface area contributed by atoms with E-state index in [1.807, 2.05) is 17.1 Å². The maximum atomic E-state index is 4.39. The SMILES string of the molecule is Brc1cnn(C2CCN(c3ccc(C4CC4)nn3)C2)c1. The quantitative estimate of drug-likeness (QED) is 0.866. The summed E-state index contributed by atoms with van der Waals surface area (Å²) in [5.41, 5.74) is 1.15. The summed E-state index contributed by atoms with van der Waals surface area (Å²) in [6.07, 6.45) is 7.52. The van der Waals surface area contributed by atoms with E-state index in [2.05, 4.69) is 48.3 Å². The van der Waals surface area contributed by atoms with Gasteiger partial charge in [0.25, 0.3) is 0 Å². The molecule has 2 aromatic rings. The monoisotopic (exact) mass is 333 g/mol. The maximum Gasteiger partial charge on any atom is 0.151 e. The van der Waals surface area contributed by atoms with Gasteiger partial charge in [-0.15, -0.1) is 5.10 Å². The molecule has 1 saturated heterocycles. The molecule has 2 aromatic heterocycles. The fraction of sp³-hybridized carbons (Fsp3) is 0.500. The van der Waals surface area contributed by atoms with Crippen LogP contribution in [0.2, 0.25) is 0 Å². The smallest absolute Gasteiger partial charge is 0.151 e. The molecule has 0 radical (unpaired) electrons. The number of hydrogen-bond donors (Lipinski definition) is 0. The molecule has 20 heavy (non-hydrogen) atoms. The molecular weight excluding hydrogens is 318 g/mol. The number of aromatic nitrogens is 4. The van der Waals surface area contributed by atoms with Crippen LogP contribution in [0, 0.1) is 0 Å². The van der Waals surface area contributed by atoms with E-state index in [-0.39, 0.29) is 0 Å². The predicted octanol–water partition coefficient (Wildman–Crippen LogP) is 2.76. The van der Waals surface area contributed by atoms with Gasteiger partial charge in [-0.2, -0.15) is 10.2 Å². The zero-order valence-corrected chi connectivity index (χ0v) is 12.7. The molecular formula is C14H16BrN5. The summed E-state index contributed by atoms with van der Waals surface area (Å²) in [6, 6.07) is 4.67. The number of rotatable bonds is 3. The summed E-state index contributed by atoms with van der Waals surface area (Å²) < 4.78 is 3.07. The first-order chi connectivity index (χ1) is 9.79. The third kappa shape index (κ3) is 2.32. The third-order valence-electron chi connectivity index (χ3n) is 4.10. The molecule has 0 aromatic carbocycles. The third-order valence-corrected chi connectivity index (χ3v) is 4.51. The molecule has 4 rings (SSSR count). The second-order valence-corrected chi connectivity index (χ2v) is 6.53. The Kier molecular flexibility index (Phi) is 2.98. The van der Waals surface area contributed by atoms with Crippen molar-refractivity contribution < 1.29 is 0 Å². The van der Waals surface area contributed by atoms with Crippen LogP contribution in [-0.4, -0.2) is 33.1 Å². The fourth-order valence-corrected chi connectivity index (χ4v) is 3.08. The predicted molar refractivity (Wildman–Crippen MR) is 79.8 cm³/mol. The molecule has 3 heterocycles. The number of anilines is 1. The topological polar surface area (TPSA) is 46.8 Å². The molecule has 2 aliphatic rings. The van der Waals surface area contributed by atoms with Crippen LogP contribution < -0.4 is 4.90 Å². The molecule has 1 aliphatic carbocycles. The highest BCUT2D eigenvalue weighted by Crippen LogP contribution is 2.39. The van der Waals surface area contributed by atoms with Crippen LogP contribution >= 0.6 is 15.9 Å². The Bertz CT molecular complexity index is 604. The maximum absolute atomic E-state index is 4.39. The average Bonchev–Trinajstić information content (AvgIpc) is 3.04. The lowest BCUT2D eigenvalue weighted by molar-refractivity contribution is 0.494. The van der Waals surface area contributed by atoms with Gasteiger partial charge in [0, 0.05) is 25.2 Å². The second-order valence-electron chi connectivity index (χ2n) is 5.62. The van der Waals surface area contributed by atoms with Crippen molar-refractivity contribution in [1.29, 1.82) is 0 Å². The Hall–Kier alpha value is -1.43. The van der Waals surface area contributed by atoms with Gasteiger partial charge in [-0.1, -0.05) is 0 Å². The second kappa shape index (κ2) is 4.84. The molecule has 0 amide bonds. The van der Waals surface area contributed by atoms with Crippen LogP contribution in [0.1, 0.15) is 36.9 Å². The van der Waals surface area contributed by atoms with Crippen LogP contribution in [0.5, 0.6) is 0 Å². The summed E-state index contributed by atoms with van der Waals surface area (Å²) in [4.78, 5) is 2.30. The zero-order chi connectivity index (χ0) is 13.5. The van der Waals surface area contributed by atoms with E-state index in [1.165, 1.54) is 12.8 Å². The van der Waals surface area contributed by atoms with Gasteiger partial charge in [-0.25, -0.2) is 0 Å². The first-order valence-corrected chi connectivity index (χ1v) is 7.87. The van der Waals surface area contributed by atoms with Gasteiger partial charge in [0.05, 0.1) is 22.4 Å². The van der Waals surface area contributed by atoms with Crippen LogP contribution in [-0.2, 0) is 0 Å². The Labute approximate surface area is 126 Å². The van der Waals surface area contributed by atoms with Crippen molar-refractivity contribution in [2.75, 3.05) is 18.0 Å². The van der Waals surface area contributed by atoms with E-state index in [1.54, 1.807) is 0 Å². The van der Waals surface area contributed by atoms with Crippen LogP contribution in [0.4, 0.5) is 5.82 Å². The Balaban J connectivity index is 1.47. The summed E-state index contributed by atoms with van der Waals surface area (Å²) in [5.74, 6) is 1.66. The van der Waals surface area contributed by atoms with Gasteiger partial charge in [0.1, 0.15) is 0 Å². The largest absolute Gasteiger partial charge is 0.353 e. The zero-order valence-electron chi connectivity index (χ0n) is 11.1. The highest BCUT2D eigenvalue weighted by Gasteiger charge is 2.28. The van der Waals surface area contributed by atoms with E-state index < -0.39 is 0 Å². The minimum atomic E-state index is 0.422. The van der Waals surface area contributed by atoms with E-state index >= 15 is 0 Å². The Morgan fingerprint density at radius 1 is 1.15 bits per heavy atom. The molecule has 1 unspecified atom stereocenters. The Morgan fingerprint density at radius 3 is 2.70 bits per heavy atom. The summed E-state index contributed by atoms with van der Waals surface area (Å²) in [7, 11) is 0. The fourth-order valence-electron chi connectivity index (χ4n) is 2.78. The molecule has 2 fully saturated rings. The standard InChI is InChI=1S/C14H16BrN5/c15-11-7-16-20(8-11)12-5-6-19(9-12)14-4-3-13(17-18-14)10-1-2-10/h3-4,7-8,10,12H,1-2,5-6,9H2. The molecule has 0 bridgehead atoms. The van der Waals surface area contributed by atoms with Crippen molar-refractivity contribution in [2.45, 2.75) is 31.2 Å². The van der Waals surface area contributed by atoms with Crippen molar-refractivity contribution >= 4 is 21.7 Å². The van der Waals surface area contributed by atoms with E-state index in [4.69, 9.17) is 0 Å². The van der Waals surface area contributed by atoms with Crippen LogP contribution in [0.25, 0.3) is 0 Å². The lowest BCUT2D eigenvalue weighted by atomic mass is 10.3. The Morgan fingerprint density at radius 2 is 2.05 bits per heavy atom. The first-order valence-electron chi connectivity index (χ1n) is 7.08. The van der Waals surface area contributed by atoms with Crippen molar-refractivity contribution in [3.8, 4) is 0 Å². The van der Waals surface area contributed by atoms with Crippen LogP contribution in [0.15, 0.2) is 29.0 Å². The lowest BCUT2D eigenvalue weighted by Gasteiger charge is -2.17. The molecule has 0 spiro atoms. The lowest BCUT2D eigenvalue weighted by Crippen LogP contribution is -2.22. The summed E-state index contributed by atoms with van der Waals surface area (Å²) >= 11 is 3.45. The van der Waals surface area contributed by atoms with Gasteiger partial charge in [-0.3, -0.25) is 4.68 Å². The number of hydrogen-bond acceptors (Lipinski definition) is 4. The molecule has 1 saturated carbocycles. The van der Waals surface area contributed by atoms with Gasteiger partial charge >= 0.3 is 0 Å². The van der Waals surface area contributed by atoms with Crippen molar-refractivity contribution in [3.63, 3.8) is 0 Å². The van der Waals surface area contributed by atoms with Crippen LogP contribution in [0.3, 0.4) is 0 Å². The molecule has 1 aliphatic heterocycles. The molecule has 0 N–H and O–H groups in total. The average molecular weight is 334 g/mol. The minimum Gasteiger partial charge on any atom is -0.353 e. The van der Waals surface area contributed by atoms with Crippen molar-refractivity contribution in [2.24, 2.45) is 0 Å². The summed E-state index contributed by atoms with van der Waals surface area (Å²) in [6.45, 7) is 1.96. The first kappa shape index (κ1) is 12.3. The van der Waals surface area contributed by atoms with Crippen molar-refractivity contribution in [3.05, 3.63) is 34.7 Å². The van der Waals surface area contributed by atoms with Gasteiger partial charge in [0.2, 0.25) is 0 Å². The van der Waals surface area contributed by atoms with Crippen molar-refractivity contribution in [1.82, 2.24) is 20.0 Å². The minimum absolute atomic E-state index is 0.422. The highest BCUT2D eigenvalue weighted by molar-refractivity contribution is 9.10. The van der Waals surface area contributed by atoms with Gasteiger partial charge in [0.15, 0.2) is 5.82 Å². The van der Waals surface area contributed by atoms with E-state index in [9.17, 15) is 0 Å².